The molecule has 19 heteroatoms. The highest BCUT2D eigenvalue weighted by molar-refractivity contribution is 7.47. The molecular weight excluding hydrogens is 1330 g/mol. The molecule has 17 nitrogen and oxygen atoms in total. The second-order valence-electron chi connectivity index (χ2n) is 25.9. The van der Waals surface area contributed by atoms with E-state index in [1.165, 1.54) is 103 Å². The molecule has 0 aromatic carbocycles. The number of hydrogen-bond donors (Lipinski definition) is 3. The Morgan fingerprint density at radius 1 is 0.284 bits per heavy atom. The normalized spacial score (nSPS) is 14.6. The van der Waals surface area contributed by atoms with Crippen LogP contribution in [-0.4, -0.2) is 96.7 Å². The number of allylic oxidation sites excluding steroid dienone is 22. The van der Waals surface area contributed by atoms with Gasteiger partial charge in [-0.15, -0.1) is 0 Å². The largest absolute Gasteiger partial charge is 0.472 e. The van der Waals surface area contributed by atoms with Gasteiger partial charge < -0.3 is 33.8 Å². The van der Waals surface area contributed by atoms with E-state index in [0.29, 0.717) is 38.5 Å². The first-order valence-electron chi connectivity index (χ1n) is 39.4. The Balaban J connectivity index is 5.43. The van der Waals surface area contributed by atoms with Crippen LogP contribution in [0.4, 0.5) is 0 Å². The lowest BCUT2D eigenvalue weighted by Crippen LogP contribution is -2.30. The van der Waals surface area contributed by atoms with Crippen molar-refractivity contribution in [3.63, 3.8) is 0 Å². The molecule has 0 aliphatic carbocycles. The first-order valence-corrected chi connectivity index (χ1v) is 42.4. The van der Waals surface area contributed by atoms with Crippen LogP contribution in [0.2, 0.25) is 0 Å². The molecule has 0 amide bonds. The van der Waals surface area contributed by atoms with Gasteiger partial charge in [-0.1, -0.05) is 315 Å². The molecule has 0 aliphatic heterocycles. The first kappa shape index (κ1) is 97.2. The lowest BCUT2D eigenvalue weighted by atomic mass is 10.0. The Bertz CT molecular complexity index is 2460. The molecule has 0 rings (SSSR count). The van der Waals surface area contributed by atoms with Gasteiger partial charge in [-0.2, -0.15) is 0 Å². The van der Waals surface area contributed by atoms with Crippen LogP contribution in [0.25, 0.3) is 0 Å². The van der Waals surface area contributed by atoms with Gasteiger partial charge in [0.2, 0.25) is 0 Å². The van der Waals surface area contributed by atoms with Crippen molar-refractivity contribution in [1.82, 2.24) is 0 Å². The van der Waals surface area contributed by atoms with Crippen LogP contribution in [0.3, 0.4) is 0 Å². The predicted molar refractivity (Wildman–Crippen MR) is 418 cm³/mol. The highest BCUT2D eigenvalue weighted by Gasteiger charge is 2.30. The SMILES string of the molecule is CC/C=C\C/C=C\C/C=C\C/C=C\C/C=C\C/C=C\CCC(=O)OCC(COP(=O)(O)OCC(O)COP(=O)(O)OCC(COC(=O)CCC/C=C\C/C=C\C/C=C\C/C=C\C/C=C\CC)OC(=O)CCCCCCCCCCCCC)OC(=O)CCCCCCCCCCCCCCCCC. The molecule has 3 N–H and O–H groups in total. The summed E-state index contributed by atoms with van der Waals surface area (Å²) >= 11 is 0. The quantitative estimate of drug-likeness (QED) is 0.0169. The number of esters is 4. The van der Waals surface area contributed by atoms with Crippen LogP contribution < -0.4 is 0 Å². The summed E-state index contributed by atoms with van der Waals surface area (Å²) in [6.45, 7) is 4.51. The van der Waals surface area contributed by atoms with Gasteiger partial charge in [0.1, 0.15) is 19.3 Å². The average Bonchev–Trinajstić information content (AvgIpc) is 0.939. The number of ether oxygens (including phenoxy) is 4. The molecule has 0 aromatic rings. The third-order valence-corrected chi connectivity index (χ3v) is 18.1. The monoisotopic (exact) mass is 1470 g/mol. The summed E-state index contributed by atoms with van der Waals surface area (Å²) in [5.41, 5.74) is 0. The van der Waals surface area contributed by atoms with E-state index in [1.54, 1.807) is 0 Å². The van der Waals surface area contributed by atoms with Crippen LogP contribution in [0.1, 0.15) is 310 Å². The summed E-state index contributed by atoms with van der Waals surface area (Å²) in [7, 11) is -9.99. The standard InChI is InChI=1S/C83H140O17P2/c1-5-9-13-17-21-25-29-32-35-37-38-40-43-45-49-52-56-60-64-68-81(86)94-74-79(100-83(88)70-66-62-58-54-50-46-41-34-31-27-23-19-15-11-7-3)76-98-102(91,92)96-72-77(84)71-95-101(89,90)97-75-78(99-82(87)69-65-61-57-53-47-28-24-20-16-12-8-4)73-93-80(85)67-63-59-55-51-48-44-42-39-36-33-30-26-22-18-14-10-6-2/h9-10,13-14,21-22,25-26,32-33,35-36,38,40,42,44-45,49,51,55-56,60,77-79,84H,5-8,11-12,15-20,23-24,27-31,34,37,39,41,43,46-48,50,52-54,57-59,61-76H2,1-4H3,(H,89,90)(H,91,92)/b13-9-,14-10-,25-21-,26-22-,35-32-,36-33-,40-38-,44-42-,49-45-,55-51-,60-56-. The fraction of sp³-hybridized carbons (Fsp3) is 0.687. The first-order chi connectivity index (χ1) is 49.7. The zero-order valence-electron chi connectivity index (χ0n) is 63.7. The van der Waals surface area contributed by atoms with E-state index >= 15 is 0 Å². The van der Waals surface area contributed by atoms with Gasteiger partial charge in [-0.25, -0.2) is 9.13 Å². The van der Waals surface area contributed by atoms with Crippen LogP contribution in [0, 0.1) is 0 Å². The van der Waals surface area contributed by atoms with E-state index in [4.69, 9.17) is 37.0 Å². The summed E-state index contributed by atoms with van der Waals surface area (Å²) in [6, 6.07) is 0. The van der Waals surface area contributed by atoms with Crippen molar-refractivity contribution < 1.29 is 80.2 Å². The number of carbonyl (C=O) groups is 4. The Hall–Kier alpha value is -4.80. The summed E-state index contributed by atoms with van der Waals surface area (Å²) in [6.07, 6.45) is 83.2. The van der Waals surface area contributed by atoms with Crippen LogP contribution in [0.15, 0.2) is 134 Å². The fourth-order valence-corrected chi connectivity index (χ4v) is 11.8. The van der Waals surface area contributed by atoms with E-state index in [1.807, 2.05) is 30.4 Å². The predicted octanol–water partition coefficient (Wildman–Crippen LogP) is 22.9. The third-order valence-electron chi connectivity index (χ3n) is 16.2. The van der Waals surface area contributed by atoms with Crippen molar-refractivity contribution in [2.24, 2.45) is 0 Å². The number of rotatable bonds is 73. The maximum atomic E-state index is 13.1. The number of unbranched alkanes of at least 4 members (excludes halogenated alkanes) is 25. The average molecular weight is 1470 g/mol. The number of carbonyl (C=O) groups excluding carboxylic acids is 4. The minimum Gasteiger partial charge on any atom is -0.462 e. The van der Waals surface area contributed by atoms with Gasteiger partial charge in [0.15, 0.2) is 12.2 Å². The fourth-order valence-electron chi connectivity index (χ4n) is 10.2. The molecule has 0 bridgehead atoms. The zero-order chi connectivity index (χ0) is 74.6. The van der Waals surface area contributed by atoms with E-state index in [9.17, 15) is 43.2 Å². The van der Waals surface area contributed by atoms with Gasteiger partial charge in [-0.3, -0.25) is 37.3 Å². The molecule has 0 aromatic heterocycles. The molecular formula is C83H140O17P2. The van der Waals surface area contributed by atoms with Gasteiger partial charge in [-0.05, 0) is 103 Å². The topological polar surface area (TPSA) is 237 Å². The van der Waals surface area contributed by atoms with Crippen molar-refractivity contribution in [3.8, 4) is 0 Å². The molecule has 5 atom stereocenters. The van der Waals surface area contributed by atoms with Crippen LogP contribution >= 0.6 is 15.6 Å². The van der Waals surface area contributed by atoms with E-state index in [-0.39, 0.29) is 25.7 Å². The lowest BCUT2D eigenvalue weighted by molar-refractivity contribution is -0.161. The minimum atomic E-state index is -5.00. The number of aliphatic hydroxyl groups excluding tert-OH is 1. The molecule has 0 heterocycles. The number of phosphoric ester groups is 2. The lowest BCUT2D eigenvalue weighted by Gasteiger charge is -2.21. The zero-order valence-corrected chi connectivity index (χ0v) is 65.5. The van der Waals surface area contributed by atoms with Crippen molar-refractivity contribution in [3.05, 3.63) is 134 Å². The highest BCUT2D eigenvalue weighted by Crippen LogP contribution is 2.45. The molecule has 0 spiro atoms. The third kappa shape index (κ3) is 73.5. The molecule has 0 saturated heterocycles. The molecule has 0 aliphatic rings. The Labute approximate surface area is 618 Å². The van der Waals surface area contributed by atoms with E-state index in [0.717, 1.165) is 116 Å². The summed E-state index contributed by atoms with van der Waals surface area (Å²) in [5, 5.41) is 10.6. The van der Waals surface area contributed by atoms with Crippen molar-refractivity contribution in [2.45, 2.75) is 329 Å². The second kappa shape index (κ2) is 74.5. The molecule has 584 valence electrons. The minimum absolute atomic E-state index is 0.0348. The Morgan fingerprint density at radius 3 is 0.833 bits per heavy atom. The van der Waals surface area contributed by atoms with Gasteiger partial charge >= 0.3 is 39.5 Å². The van der Waals surface area contributed by atoms with Crippen molar-refractivity contribution in [2.75, 3.05) is 39.6 Å². The smallest absolute Gasteiger partial charge is 0.462 e. The maximum Gasteiger partial charge on any atom is 0.472 e. The Morgan fingerprint density at radius 2 is 0.529 bits per heavy atom. The Kier molecular flexibility index (Phi) is 71.0. The van der Waals surface area contributed by atoms with Crippen LogP contribution in [0.5, 0.6) is 0 Å². The van der Waals surface area contributed by atoms with Gasteiger partial charge in [0.05, 0.1) is 26.4 Å². The number of hydrogen-bond acceptors (Lipinski definition) is 15. The molecule has 102 heavy (non-hydrogen) atoms. The van der Waals surface area contributed by atoms with Gasteiger partial charge in [0.25, 0.3) is 0 Å². The molecule has 0 fully saturated rings. The van der Waals surface area contributed by atoms with Crippen LogP contribution in [-0.2, 0) is 65.4 Å². The molecule has 0 saturated carbocycles. The molecule has 5 unspecified atom stereocenters. The van der Waals surface area contributed by atoms with E-state index < -0.39 is 97.5 Å². The summed E-state index contributed by atoms with van der Waals surface area (Å²) in [5.74, 6) is -2.33. The van der Waals surface area contributed by atoms with Crippen molar-refractivity contribution in [1.29, 1.82) is 0 Å². The van der Waals surface area contributed by atoms with E-state index in [2.05, 4.69) is 131 Å². The summed E-state index contributed by atoms with van der Waals surface area (Å²) in [4.78, 5) is 72.9. The number of phosphoric acid groups is 2. The van der Waals surface area contributed by atoms with Gasteiger partial charge in [0, 0.05) is 25.7 Å². The second-order valence-corrected chi connectivity index (χ2v) is 28.8. The number of aliphatic hydroxyl groups is 1. The maximum absolute atomic E-state index is 13.1. The molecule has 0 radical (unpaired) electrons. The highest BCUT2D eigenvalue weighted by atomic mass is 31.2. The summed E-state index contributed by atoms with van der Waals surface area (Å²) < 4.78 is 68.4. The van der Waals surface area contributed by atoms with Crippen molar-refractivity contribution >= 4 is 39.5 Å².